The lowest BCUT2D eigenvalue weighted by atomic mass is 10.1. The Morgan fingerprint density at radius 3 is 2.89 bits per heavy atom. The van der Waals surface area contributed by atoms with E-state index in [1.807, 2.05) is 13.0 Å². The van der Waals surface area contributed by atoms with Gasteiger partial charge in [0.05, 0.1) is 6.61 Å². The summed E-state index contributed by atoms with van der Waals surface area (Å²) in [5, 5.41) is 0. The molecule has 0 saturated carbocycles. The molecule has 0 aromatic heterocycles. The van der Waals surface area contributed by atoms with Crippen LogP contribution in [0, 0.1) is 0 Å². The van der Waals surface area contributed by atoms with E-state index in [4.69, 9.17) is 4.74 Å². The van der Waals surface area contributed by atoms with Gasteiger partial charge < -0.3 is 4.74 Å². The molecule has 0 bridgehead atoms. The molecule has 0 unspecified atom stereocenters. The Balaban J connectivity index is 2.60. The zero-order chi connectivity index (χ0) is 6.69. The molecule has 0 atom stereocenters. The second kappa shape index (κ2) is 2.78. The smallest absolute Gasteiger partial charge is 0.184 e. The first kappa shape index (κ1) is 6.49. The molecule has 2 heteroatoms. The number of rotatable bonds is 0. The molecular weight excluding hydrogens is 116 g/mol. The lowest BCUT2D eigenvalue weighted by Crippen LogP contribution is -2.19. The summed E-state index contributed by atoms with van der Waals surface area (Å²) in [5.41, 5.74) is 0.918. The summed E-state index contributed by atoms with van der Waals surface area (Å²) in [5.74, 6) is 0.142. The average molecular weight is 126 g/mol. The molecule has 1 rings (SSSR count). The summed E-state index contributed by atoms with van der Waals surface area (Å²) in [6.45, 7) is 2.86. The van der Waals surface area contributed by atoms with Crippen LogP contribution in [0.15, 0.2) is 11.6 Å². The van der Waals surface area contributed by atoms with Gasteiger partial charge in [-0.15, -0.1) is 0 Å². The number of ether oxygens (including phenoxy) is 1. The molecule has 1 aliphatic rings. The second-order valence-electron chi connectivity index (χ2n) is 2.04. The van der Waals surface area contributed by atoms with Gasteiger partial charge in [0.2, 0.25) is 0 Å². The Morgan fingerprint density at radius 1 is 1.67 bits per heavy atom. The molecule has 1 aliphatic heterocycles. The highest BCUT2D eigenvalue weighted by molar-refractivity contribution is 5.96. The third-order valence-corrected chi connectivity index (χ3v) is 1.46. The average Bonchev–Trinajstić information content (AvgIpc) is 1.89. The van der Waals surface area contributed by atoms with Crippen molar-refractivity contribution in [1.29, 1.82) is 0 Å². The lowest BCUT2D eigenvalue weighted by Gasteiger charge is -2.12. The van der Waals surface area contributed by atoms with Crippen molar-refractivity contribution >= 4 is 5.78 Å². The highest BCUT2D eigenvalue weighted by Gasteiger charge is 2.13. The molecule has 0 radical (unpaired) electrons. The van der Waals surface area contributed by atoms with E-state index >= 15 is 0 Å². The SMILES string of the molecule is C/C=C1/CCOCC1=O. The Hall–Kier alpha value is -0.630. The fourth-order valence-corrected chi connectivity index (χ4v) is 0.884. The highest BCUT2D eigenvalue weighted by Crippen LogP contribution is 2.08. The molecule has 0 aromatic rings. The van der Waals surface area contributed by atoms with Gasteiger partial charge in [0, 0.05) is 0 Å². The molecule has 1 fully saturated rings. The first-order valence-electron chi connectivity index (χ1n) is 3.10. The number of hydrogen-bond donors (Lipinski definition) is 0. The molecule has 0 aliphatic carbocycles. The zero-order valence-electron chi connectivity index (χ0n) is 5.52. The third kappa shape index (κ3) is 1.39. The summed E-state index contributed by atoms with van der Waals surface area (Å²) in [4.78, 5) is 10.8. The summed E-state index contributed by atoms with van der Waals surface area (Å²) >= 11 is 0. The van der Waals surface area contributed by atoms with E-state index in [0.29, 0.717) is 6.61 Å². The maximum Gasteiger partial charge on any atom is 0.184 e. The van der Waals surface area contributed by atoms with Crippen LogP contribution < -0.4 is 0 Å². The zero-order valence-corrected chi connectivity index (χ0v) is 5.52. The molecule has 0 amide bonds. The van der Waals surface area contributed by atoms with E-state index in [2.05, 4.69) is 0 Å². The van der Waals surface area contributed by atoms with Crippen LogP contribution >= 0.6 is 0 Å². The minimum Gasteiger partial charge on any atom is -0.373 e. The number of hydrogen-bond acceptors (Lipinski definition) is 2. The van der Waals surface area contributed by atoms with Gasteiger partial charge in [-0.3, -0.25) is 4.79 Å². The lowest BCUT2D eigenvalue weighted by molar-refractivity contribution is -0.122. The van der Waals surface area contributed by atoms with E-state index in [1.165, 1.54) is 0 Å². The van der Waals surface area contributed by atoms with Crippen molar-refractivity contribution in [3.63, 3.8) is 0 Å². The van der Waals surface area contributed by atoms with Crippen LogP contribution in [0.4, 0.5) is 0 Å². The van der Waals surface area contributed by atoms with Crippen molar-refractivity contribution < 1.29 is 9.53 Å². The minimum atomic E-state index is 0.142. The number of Topliss-reactive ketones (excluding diaryl/α,β-unsaturated/α-hetero) is 1. The van der Waals surface area contributed by atoms with Crippen LogP contribution in [-0.4, -0.2) is 19.0 Å². The minimum absolute atomic E-state index is 0.142. The van der Waals surface area contributed by atoms with Gasteiger partial charge in [-0.05, 0) is 18.9 Å². The quantitative estimate of drug-likeness (QED) is 0.451. The fourth-order valence-electron chi connectivity index (χ4n) is 0.884. The van der Waals surface area contributed by atoms with Gasteiger partial charge in [0.25, 0.3) is 0 Å². The van der Waals surface area contributed by atoms with Gasteiger partial charge in [-0.2, -0.15) is 0 Å². The maximum atomic E-state index is 10.8. The first-order chi connectivity index (χ1) is 4.34. The fraction of sp³-hybridized carbons (Fsp3) is 0.571. The Labute approximate surface area is 54.5 Å². The Kier molecular flexibility index (Phi) is 2.01. The molecular formula is C7H10O2. The molecule has 50 valence electrons. The van der Waals surface area contributed by atoms with Crippen LogP contribution in [0.1, 0.15) is 13.3 Å². The normalized spacial score (nSPS) is 25.0. The number of allylic oxidation sites excluding steroid dienone is 1. The van der Waals surface area contributed by atoms with E-state index < -0.39 is 0 Å². The number of ketones is 1. The van der Waals surface area contributed by atoms with Crippen molar-refractivity contribution in [2.24, 2.45) is 0 Å². The standard InChI is InChI=1S/C7H10O2/c1-2-6-3-4-9-5-7(6)8/h2H,3-5H2,1H3/b6-2-. The predicted octanol–water partition coefficient (Wildman–Crippen LogP) is 0.922. The van der Waals surface area contributed by atoms with E-state index in [0.717, 1.165) is 12.0 Å². The van der Waals surface area contributed by atoms with Crippen LogP contribution in [0.5, 0.6) is 0 Å². The van der Waals surface area contributed by atoms with E-state index in [9.17, 15) is 4.79 Å². The Bertz CT molecular complexity index is 147. The van der Waals surface area contributed by atoms with E-state index in [-0.39, 0.29) is 12.4 Å². The van der Waals surface area contributed by atoms with Crippen LogP contribution in [-0.2, 0) is 9.53 Å². The molecule has 9 heavy (non-hydrogen) atoms. The van der Waals surface area contributed by atoms with Crippen LogP contribution in [0.2, 0.25) is 0 Å². The number of carbonyl (C=O) groups excluding carboxylic acids is 1. The van der Waals surface area contributed by atoms with Gasteiger partial charge >= 0.3 is 0 Å². The second-order valence-corrected chi connectivity index (χ2v) is 2.04. The van der Waals surface area contributed by atoms with Gasteiger partial charge in [-0.25, -0.2) is 0 Å². The van der Waals surface area contributed by atoms with Crippen molar-refractivity contribution in [2.45, 2.75) is 13.3 Å². The number of carbonyl (C=O) groups is 1. The topological polar surface area (TPSA) is 26.3 Å². The molecule has 0 spiro atoms. The van der Waals surface area contributed by atoms with Gasteiger partial charge in [-0.1, -0.05) is 6.08 Å². The summed E-state index contributed by atoms with van der Waals surface area (Å²) in [6.07, 6.45) is 2.65. The molecule has 1 heterocycles. The van der Waals surface area contributed by atoms with Crippen molar-refractivity contribution in [3.8, 4) is 0 Å². The third-order valence-electron chi connectivity index (χ3n) is 1.46. The van der Waals surface area contributed by atoms with Crippen molar-refractivity contribution in [3.05, 3.63) is 11.6 Å². The van der Waals surface area contributed by atoms with Crippen molar-refractivity contribution in [2.75, 3.05) is 13.2 Å². The summed E-state index contributed by atoms with van der Waals surface area (Å²) in [7, 11) is 0. The first-order valence-corrected chi connectivity index (χ1v) is 3.10. The van der Waals surface area contributed by atoms with Crippen molar-refractivity contribution in [1.82, 2.24) is 0 Å². The van der Waals surface area contributed by atoms with Crippen LogP contribution in [0.25, 0.3) is 0 Å². The molecule has 0 aromatic carbocycles. The van der Waals surface area contributed by atoms with Crippen LogP contribution in [0.3, 0.4) is 0 Å². The molecule has 2 nitrogen and oxygen atoms in total. The predicted molar refractivity (Wildman–Crippen MR) is 34.2 cm³/mol. The monoisotopic (exact) mass is 126 g/mol. The van der Waals surface area contributed by atoms with Gasteiger partial charge in [0.1, 0.15) is 6.61 Å². The molecule has 0 N–H and O–H groups in total. The van der Waals surface area contributed by atoms with Gasteiger partial charge in [0.15, 0.2) is 5.78 Å². The van der Waals surface area contributed by atoms with E-state index in [1.54, 1.807) is 0 Å². The summed E-state index contributed by atoms with van der Waals surface area (Å²) < 4.78 is 4.92. The largest absolute Gasteiger partial charge is 0.373 e. The highest BCUT2D eigenvalue weighted by atomic mass is 16.5. The summed E-state index contributed by atoms with van der Waals surface area (Å²) in [6, 6.07) is 0. The molecule has 1 saturated heterocycles. The maximum absolute atomic E-state index is 10.8. The Morgan fingerprint density at radius 2 is 2.44 bits per heavy atom.